The Morgan fingerprint density at radius 1 is 0.962 bits per heavy atom. The Morgan fingerprint density at radius 3 is 2.65 bits per heavy atom. The molecule has 4 heterocycles. The number of rotatable bonds is 1. The van der Waals surface area contributed by atoms with Crippen LogP contribution < -0.4 is 4.57 Å². The fraction of sp³-hybridized carbons (Fsp3) is 0.0909. The Labute approximate surface area is 150 Å². The second-order valence-electron chi connectivity index (χ2n) is 6.86. The summed E-state index contributed by atoms with van der Waals surface area (Å²) in [6.07, 6.45) is 3.88. The lowest BCUT2D eigenvalue weighted by Crippen LogP contribution is -2.33. The number of nitrogens with zero attached hydrogens (tertiary/aromatic N) is 4. The Morgan fingerprint density at radius 2 is 1.77 bits per heavy atom. The fourth-order valence-corrected chi connectivity index (χ4v) is 4.40. The molecule has 4 heteroatoms. The van der Waals surface area contributed by atoms with Crippen LogP contribution in [0.1, 0.15) is 5.56 Å². The second kappa shape index (κ2) is 4.82. The van der Waals surface area contributed by atoms with Gasteiger partial charge in [-0.3, -0.25) is 9.55 Å². The first-order valence-electron chi connectivity index (χ1n) is 8.85. The van der Waals surface area contributed by atoms with Crippen LogP contribution in [-0.4, -0.2) is 14.1 Å². The van der Waals surface area contributed by atoms with Crippen LogP contribution in [0.2, 0.25) is 0 Å². The van der Waals surface area contributed by atoms with Crippen molar-refractivity contribution in [3.05, 3.63) is 78.6 Å². The standard InChI is InChI=1S/C22H17N4/c1-24-19-10-6-5-9-18(19)20-22(24)25-14-15-13-23-12-11-17(15)21(25)26(20)16-7-3-2-4-8-16/h2-13H,14H2,1H3/q+1. The van der Waals surface area contributed by atoms with Crippen LogP contribution in [0.25, 0.3) is 39.1 Å². The van der Waals surface area contributed by atoms with Crippen LogP contribution in [0.15, 0.2) is 73.1 Å². The highest BCUT2D eigenvalue weighted by Crippen LogP contribution is 2.37. The van der Waals surface area contributed by atoms with E-state index in [0.29, 0.717) is 0 Å². The molecule has 5 aromatic rings. The van der Waals surface area contributed by atoms with Crippen LogP contribution >= 0.6 is 0 Å². The molecule has 0 atom stereocenters. The molecule has 0 aliphatic carbocycles. The lowest BCUT2D eigenvalue weighted by molar-refractivity contribution is -0.648. The van der Waals surface area contributed by atoms with Gasteiger partial charge in [-0.1, -0.05) is 30.3 Å². The molecular weight excluding hydrogens is 320 g/mol. The Kier molecular flexibility index (Phi) is 2.57. The summed E-state index contributed by atoms with van der Waals surface area (Å²) in [6.45, 7) is 0.860. The molecule has 0 N–H and O–H groups in total. The van der Waals surface area contributed by atoms with Crippen molar-refractivity contribution in [1.29, 1.82) is 0 Å². The predicted molar refractivity (Wildman–Crippen MR) is 102 cm³/mol. The van der Waals surface area contributed by atoms with Gasteiger partial charge < -0.3 is 0 Å². The van der Waals surface area contributed by atoms with Crippen LogP contribution in [0.5, 0.6) is 0 Å². The molecule has 26 heavy (non-hydrogen) atoms. The summed E-state index contributed by atoms with van der Waals surface area (Å²) >= 11 is 0. The van der Waals surface area contributed by atoms with Gasteiger partial charge in [-0.05, 0) is 30.3 Å². The first-order chi connectivity index (χ1) is 12.8. The maximum atomic E-state index is 4.34. The maximum absolute atomic E-state index is 4.34. The van der Waals surface area contributed by atoms with Crippen LogP contribution in [0, 0.1) is 0 Å². The van der Waals surface area contributed by atoms with Gasteiger partial charge in [-0.2, -0.15) is 0 Å². The highest BCUT2D eigenvalue weighted by molar-refractivity contribution is 6.05. The van der Waals surface area contributed by atoms with Crippen LogP contribution in [0.3, 0.4) is 0 Å². The number of pyridine rings is 1. The summed E-state index contributed by atoms with van der Waals surface area (Å²) in [5.41, 5.74) is 7.51. The molecule has 3 aromatic heterocycles. The highest BCUT2D eigenvalue weighted by atomic mass is 15.3. The van der Waals surface area contributed by atoms with E-state index in [0.717, 1.165) is 6.54 Å². The van der Waals surface area contributed by atoms with Crippen molar-refractivity contribution in [3.8, 4) is 17.1 Å². The topological polar surface area (TPSA) is 26.6 Å². The number of aryl methyl sites for hydroxylation is 1. The molecule has 0 amide bonds. The molecule has 1 aliphatic heterocycles. The summed E-state index contributed by atoms with van der Waals surface area (Å²) < 4.78 is 7.14. The van der Waals surface area contributed by atoms with Gasteiger partial charge in [0.25, 0.3) is 5.65 Å². The largest absolute Gasteiger partial charge is 0.270 e. The zero-order valence-corrected chi connectivity index (χ0v) is 14.4. The van der Waals surface area contributed by atoms with Crippen LogP contribution in [-0.2, 0) is 13.6 Å². The third kappa shape index (κ3) is 1.59. The highest BCUT2D eigenvalue weighted by Gasteiger charge is 2.36. The lowest BCUT2D eigenvalue weighted by atomic mass is 10.1. The van der Waals surface area contributed by atoms with Gasteiger partial charge in [-0.25, -0.2) is 9.13 Å². The fourth-order valence-electron chi connectivity index (χ4n) is 4.40. The van der Waals surface area contributed by atoms with E-state index in [1.807, 2.05) is 12.4 Å². The molecule has 4 nitrogen and oxygen atoms in total. The predicted octanol–water partition coefficient (Wildman–Crippen LogP) is 3.83. The van der Waals surface area contributed by atoms with E-state index in [9.17, 15) is 0 Å². The smallest absolute Gasteiger partial charge is 0.264 e. The molecule has 0 radical (unpaired) electrons. The first kappa shape index (κ1) is 13.8. The zero-order chi connectivity index (χ0) is 17.3. The van der Waals surface area contributed by atoms with Gasteiger partial charge in [0.15, 0.2) is 5.52 Å². The van der Waals surface area contributed by atoms with Gasteiger partial charge in [0.2, 0.25) is 5.82 Å². The number of imidazole rings is 1. The molecule has 0 saturated carbocycles. The van der Waals surface area contributed by atoms with E-state index >= 15 is 0 Å². The van der Waals surface area contributed by atoms with Gasteiger partial charge >= 0.3 is 0 Å². The van der Waals surface area contributed by atoms with E-state index in [4.69, 9.17) is 0 Å². The Hall–Kier alpha value is -3.40. The van der Waals surface area contributed by atoms with E-state index in [2.05, 4.69) is 86.4 Å². The van der Waals surface area contributed by atoms with E-state index in [1.165, 1.54) is 44.7 Å². The lowest BCUT2D eigenvalue weighted by Gasteiger charge is -2.04. The number of hydrogen-bond donors (Lipinski definition) is 0. The summed E-state index contributed by atoms with van der Waals surface area (Å²) in [5, 5.41) is 1.28. The molecule has 1 aliphatic rings. The number of hydrogen-bond acceptors (Lipinski definition) is 1. The minimum atomic E-state index is 0.860. The molecule has 124 valence electrons. The first-order valence-corrected chi connectivity index (χ1v) is 8.85. The van der Waals surface area contributed by atoms with Crippen LogP contribution in [0.4, 0.5) is 0 Å². The molecular formula is C22H17N4+. The van der Waals surface area contributed by atoms with Crippen molar-refractivity contribution in [1.82, 2.24) is 14.1 Å². The van der Waals surface area contributed by atoms with E-state index < -0.39 is 0 Å². The average Bonchev–Trinajstić information content (AvgIpc) is 3.31. The summed E-state index contributed by atoms with van der Waals surface area (Å²) in [5.74, 6) is 1.24. The quantitative estimate of drug-likeness (QED) is 0.419. The average molecular weight is 337 g/mol. The maximum Gasteiger partial charge on any atom is 0.270 e. The number of fused-ring (bicyclic) bond motifs is 7. The zero-order valence-electron chi connectivity index (χ0n) is 14.4. The number of aromatic nitrogens is 4. The molecule has 6 rings (SSSR count). The van der Waals surface area contributed by atoms with Gasteiger partial charge in [-0.15, -0.1) is 0 Å². The Bertz CT molecular complexity index is 1310. The van der Waals surface area contributed by atoms with Crippen molar-refractivity contribution >= 4 is 22.1 Å². The number of benzene rings is 2. The van der Waals surface area contributed by atoms with E-state index in [-0.39, 0.29) is 0 Å². The van der Waals surface area contributed by atoms with Gasteiger partial charge in [0, 0.05) is 18.0 Å². The minimum absolute atomic E-state index is 0.860. The normalized spacial score (nSPS) is 12.7. The number of para-hydroxylation sites is 2. The van der Waals surface area contributed by atoms with Gasteiger partial charge in [0.1, 0.15) is 11.2 Å². The third-order valence-corrected chi connectivity index (χ3v) is 5.48. The molecule has 0 bridgehead atoms. The van der Waals surface area contributed by atoms with Crippen molar-refractivity contribution in [2.24, 2.45) is 7.05 Å². The summed E-state index contributed by atoms with van der Waals surface area (Å²) in [6, 6.07) is 21.4. The summed E-state index contributed by atoms with van der Waals surface area (Å²) in [7, 11) is 2.16. The minimum Gasteiger partial charge on any atom is -0.264 e. The SMILES string of the molecule is Cn1c2ccccc2c2c1[n+]1c(n2-c2ccccc2)-c2ccncc2C1. The molecule has 0 fully saturated rings. The van der Waals surface area contributed by atoms with Gasteiger partial charge in [0.05, 0.1) is 24.5 Å². The Balaban J connectivity index is 1.87. The third-order valence-electron chi connectivity index (χ3n) is 5.48. The second-order valence-corrected chi connectivity index (χ2v) is 6.86. The van der Waals surface area contributed by atoms with Crippen molar-refractivity contribution in [2.75, 3.05) is 0 Å². The molecule has 0 unspecified atom stereocenters. The van der Waals surface area contributed by atoms with Crippen molar-refractivity contribution in [2.45, 2.75) is 6.54 Å². The molecule has 0 saturated heterocycles. The monoisotopic (exact) mass is 337 g/mol. The molecule has 0 spiro atoms. The van der Waals surface area contributed by atoms with Crippen molar-refractivity contribution in [3.63, 3.8) is 0 Å². The van der Waals surface area contributed by atoms with Crippen molar-refractivity contribution < 1.29 is 4.57 Å². The van der Waals surface area contributed by atoms with E-state index in [1.54, 1.807) is 0 Å². The molecule has 2 aromatic carbocycles. The summed E-state index contributed by atoms with van der Waals surface area (Å²) in [4.78, 5) is 4.34.